The summed E-state index contributed by atoms with van der Waals surface area (Å²) in [5.41, 5.74) is 6.23. The Kier molecular flexibility index (Phi) is 5.73. The van der Waals surface area contributed by atoms with E-state index < -0.39 is 0 Å². The van der Waals surface area contributed by atoms with E-state index in [1.54, 1.807) is 6.21 Å². The quantitative estimate of drug-likeness (QED) is 0.311. The lowest BCUT2D eigenvalue weighted by Crippen LogP contribution is -1.90. The number of nitrogens with zero attached hydrogens (tertiary/aromatic N) is 2. The summed E-state index contributed by atoms with van der Waals surface area (Å²) in [4.78, 5) is 9.23. The van der Waals surface area contributed by atoms with E-state index in [2.05, 4.69) is 46.9 Å². The Morgan fingerprint density at radius 2 is 2.00 bits per heavy atom. The highest BCUT2D eigenvalue weighted by molar-refractivity contribution is 9.10. The van der Waals surface area contributed by atoms with Gasteiger partial charge in [-0.2, -0.15) is 0 Å². The molecule has 0 amide bonds. The van der Waals surface area contributed by atoms with Crippen molar-refractivity contribution < 1.29 is 9.52 Å². The van der Waals surface area contributed by atoms with Crippen molar-refractivity contribution in [2.45, 2.75) is 33.1 Å². The molecule has 0 fully saturated rings. The molecule has 5 heteroatoms. The number of aliphatic imine (C=N–C) groups is 1. The van der Waals surface area contributed by atoms with Crippen LogP contribution >= 0.6 is 15.9 Å². The maximum Gasteiger partial charge on any atom is 0.227 e. The van der Waals surface area contributed by atoms with E-state index in [1.165, 1.54) is 5.56 Å². The number of fused-ring (bicyclic) bond motifs is 1. The Morgan fingerprint density at radius 3 is 2.80 bits per heavy atom. The van der Waals surface area contributed by atoms with Crippen LogP contribution in [0.3, 0.4) is 0 Å². The minimum absolute atomic E-state index is 0.177. The number of aromatic nitrogens is 1. The zero-order chi connectivity index (χ0) is 21.3. The number of hydrogen-bond donors (Lipinski definition) is 1. The number of benzene rings is 3. The second-order valence-electron chi connectivity index (χ2n) is 7.55. The zero-order valence-electron chi connectivity index (χ0n) is 17.2. The number of rotatable bonds is 5. The van der Waals surface area contributed by atoms with Crippen molar-refractivity contribution in [3.05, 3.63) is 75.8 Å². The number of phenols is 1. The molecule has 4 rings (SSSR count). The van der Waals surface area contributed by atoms with E-state index in [0.717, 1.165) is 34.3 Å². The summed E-state index contributed by atoms with van der Waals surface area (Å²) in [6, 6.07) is 17.7. The number of halogens is 1. The molecule has 4 nitrogen and oxygen atoms in total. The molecular formula is C25H23BrN2O2. The lowest BCUT2D eigenvalue weighted by molar-refractivity contribution is 0.471. The molecule has 1 aromatic heterocycles. The van der Waals surface area contributed by atoms with Gasteiger partial charge in [0.25, 0.3) is 0 Å². The summed E-state index contributed by atoms with van der Waals surface area (Å²) in [6.07, 6.45) is 2.75. The molecule has 3 aromatic carbocycles. The van der Waals surface area contributed by atoms with Gasteiger partial charge in [0, 0.05) is 17.3 Å². The predicted octanol–water partition coefficient (Wildman–Crippen LogP) is 7.54. The van der Waals surface area contributed by atoms with Crippen LogP contribution in [0.4, 0.5) is 5.69 Å². The van der Waals surface area contributed by atoms with E-state index >= 15 is 0 Å². The molecule has 1 atom stereocenters. The lowest BCUT2D eigenvalue weighted by Gasteiger charge is -2.07. The third-order valence-electron chi connectivity index (χ3n) is 5.28. The molecule has 4 aromatic rings. The highest BCUT2D eigenvalue weighted by atomic mass is 79.9. The van der Waals surface area contributed by atoms with Crippen LogP contribution in [-0.4, -0.2) is 16.3 Å². The maximum atomic E-state index is 10.2. The first-order valence-corrected chi connectivity index (χ1v) is 10.8. The lowest BCUT2D eigenvalue weighted by atomic mass is 9.98. The van der Waals surface area contributed by atoms with Gasteiger partial charge in [-0.25, -0.2) is 4.98 Å². The number of aromatic hydroxyl groups is 1. The average Bonchev–Trinajstić information content (AvgIpc) is 3.18. The van der Waals surface area contributed by atoms with Gasteiger partial charge in [-0.15, -0.1) is 0 Å². The Labute approximate surface area is 184 Å². The average molecular weight is 463 g/mol. The van der Waals surface area contributed by atoms with Crippen LogP contribution in [0, 0.1) is 6.92 Å². The fraction of sp³-hybridized carbons (Fsp3) is 0.200. The van der Waals surface area contributed by atoms with Gasteiger partial charge in [-0.05, 0) is 88.8 Å². The van der Waals surface area contributed by atoms with Crippen molar-refractivity contribution in [3.8, 4) is 17.2 Å². The molecule has 0 radical (unpaired) electrons. The summed E-state index contributed by atoms with van der Waals surface area (Å²) in [7, 11) is 0. The topological polar surface area (TPSA) is 58.6 Å². The second kappa shape index (κ2) is 8.44. The van der Waals surface area contributed by atoms with Crippen LogP contribution in [0.25, 0.3) is 22.6 Å². The summed E-state index contributed by atoms with van der Waals surface area (Å²) < 4.78 is 6.64. The number of aryl methyl sites for hydroxylation is 1. The van der Waals surface area contributed by atoms with E-state index in [-0.39, 0.29) is 5.75 Å². The monoisotopic (exact) mass is 462 g/mol. The van der Waals surface area contributed by atoms with Gasteiger partial charge in [-0.1, -0.05) is 26.0 Å². The summed E-state index contributed by atoms with van der Waals surface area (Å²) >= 11 is 3.37. The molecule has 1 N–H and O–H groups in total. The molecule has 0 saturated heterocycles. The summed E-state index contributed by atoms with van der Waals surface area (Å²) in [6.45, 7) is 6.38. The molecule has 0 unspecified atom stereocenters. The molecule has 30 heavy (non-hydrogen) atoms. The van der Waals surface area contributed by atoms with E-state index in [0.29, 0.717) is 21.8 Å². The molecular weight excluding hydrogens is 440 g/mol. The molecule has 1 heterocycles. The van der Waals surface area contributed by atoms with Crippen LogP contribution in [0.1, 0.15) is 42.9 Å². The van der Waals surface area contributed by atoms with Crippen LogP contribution in [-0.2, 0) is 0 Å². The van der Waals surface area contributed by atoms with Crippen molar-refractivity contribution in [2.75, 3.05) is 0 Å². The normalized spacial score (nSPS) is 12.7. The van der Waals surface area contributed by atoms with Crippen molar-refractivity contribution in [1.29, 1.82) is 0 Å². The highest BCUT2D eigenvalue weighted by Gasteiger charge is 2.11. The van der Waals surface area contributed by atoms with Crippen molar-refractivity contribution in [1.82, 2.24) is 4.98 Å². The van der Waals surface area contributed by atoms with Gasteiger partial charge in [0.2, 0.25) is 5.89 Å². The summed E-state index contributed by atoms with van der Waals surface area (Å²) in [5.74, 6) is 1.24. The Morgan fingerprint density at radius 1 is 1.17 bits per heavy atom. The highest BCUT2D eigenvalue weighted by Crippen LogP contribution is 2.31. The number of oxazole rings is 1. The van der Waals surface area contributed by atoms with Gasteiger partial charge in [0.15, 0.2) is 5.58 Å². The minimum Gasteiger partial charge on any atom is -0.506 e. The zero-order valence-corrected chi connectivity index (χ0v) is 18.8. The van der Waals surface area contributed by atoms with Crippen LogP contribution in [0.5, 0.6) is 5.75 Å². The molecule has 152 valence electrons. The van der Waals surface area contributed by atoms with Gasteiger partial charge in [0.05, 0.1) is 10.2 Å². The first kappa shape index (κ1) is 20.4. The minimum atomic E-state index is 0.177. The molecule has 0 spiro atoms. The van der Waals surface area contributed by atoms with Crippen LogP contribution in [0.15, 0.2) is 68.5 Å². The second-order valence-corrected chi connectivity index (χ2v) is 8.40. The SMILES string of the molecule is CC[C@H](C)c1ccc2oc(-c3cccc(N=Cc4cc(C)cc(Br)c4O)c3)nc2c1. The molecule has 0 saturated carbocycles. The number of phenolic OH excluding ortho intramolecular Hbond substituents is 1. The van der Waals surface area contributed by atoms with Crippen LogP contribution in [0.2, 0.25) is 0 Å². The van der Waals surface area contributed by atoms with Gasteiger partial charge in [-0.3, -0.25) is 4.99 Å². The Balaban J connectivity index is 1.65. The van der Waals surface area contributed by atoms with Gasteiger partial charge < -0.3 is 9.52 Å². The van der Waals surface area contributed by atoms with Crippen molar-refractivity contribution in [3.63, 3.8) is 0 Å². The standard InChI is InChI=1S/C25H23BrN2O2/c1-4-16(3)17-8-9-23-22(13-17)28-25(30-23)18-6-5-7-20(12-18)27-14-19-10-15(2)11-21(26)24(19)29/h5-14,16,29H,4H2,1-3H3/t16-/m0/s1. The Bertz CT molecular complexity index is 1240. The van der Waals surface area contributed by atoms with Crippen molar-refractivity contribution in [2.24, 2.45) is 4.99 Å². The third kappa shape index (κ3) is 4.17. The number of hydrogen-bond acceptors (Lipinski definition) is 4. The maximum absolute atomic E-state index is 10.2. The molecule has 0 aliphatic carbocycles. The van der Waals surface area contributed by atoms with Gasteiger partial charge in [0.1, 0.15) is 11.3 Å². The van der Waals surface area contributed by atoms with E-state index in [4.69, 9.17) is 9.40 Å². The molecule has 0 aliphatic rings. The summed E-state index contributed by atoms with van der Waals surface area (Å²) in [5, 5.41) is 10.2. The van der Waals surface area contributed by atoms with E-state index in [1.807, 2.05) is 49.4 Å². The fourth-order valence-electron chi connectivity index (χ4n) is 3.33. The fourth-order valence-corrected chi connectivity index (χ4v) is 3.92. The first-order chi connectivity index (χ1) is 14.4. The molecule has 0 bridgehead atoms. The van der Waals surface area contributed by atoms with Crippen molar-refractivity contribution >= 4 is 38.9 Å². The van der Waals surface area contributed by atoms with Gasteiger partial charge >= 0.3 is 0 Å². The van der Waals surface area contributed by atoms with E-state index in [9.17, 15) is 5.11 Å². The Hall–Kier alpha value is -2.92. The first-order valence-electron chi connectivity index (χ1n) is 9.98. The molecule has 0 aliphatic heterocycles. The largest absolute Gasteiger partial charge is 0.506 e. The van der Waals surface area contributed by atoms with Crippen LogP contribution < -0.4 is 0 Å². The smallest absolute Gasteiger partial charge is 0.227 e. The third-order valence-corrected chi connectivity index (χ3v) is 5.88. The predicted molar refractivity (Wildman–Crippen MR) is 126 cm³/mol.